The van der Waals surface area contributed by atoms with Crippen molar-refractivity contribution in [3.63, 3.8) is 0 Å². The van der Waals surface area contributed by atoms with Gasteiger partial charge in [0, 0.05) is 12.4 Å². The second kappa shape index (κ2) is 4.70. The highest BCUT2D eigenvalue weighted by Crippen LogP contribution is 2.15. The summed E-state index contributed by atoms with van der Waals surface area (Å²) in [6, 6.07) is 3.30. The summed E-state index contributed by atoms with van der Waals surface area (Å²) in [5.74, 6) is -0.746. The zero-order valence-electron chi connectivity index (χ0n) is 7.81. The first kappa shape index (κ1) is 9.84. The van der Waals surface area contributed by atoms with E-state index >= 15 is 0 Å². The molecule has 0 fully saturated rings. The maximum absolute atomic E-state index is 10.9. The van der Waals surface area contributed by atoms with Gasteiger partial charge < -0.3 is 9.67 Å². The number of aliphatic carboxylic acids is 1. The molecule has 1 heterocycles. The minimum atomic E-state index is -0.746. The van der Waals surface area contributed by atoms with Gasteiger partial charge in [-0.3, -0.25) is 0 Å². The molecule has 1 N–H and O–H groups in total. The summed E-state index contributed by atoms with van der Waals surface area (Å²) in [5.41, 5.74) is 0. The predicted molar refractivity (Wildman–Crippen MR) is 50.6 cm³/mol. The van der Waals surface area contributed by atoms with Crippen LogP contribution >= 0.6 is 0 Å². The second-order valence-corrected chi connectivity index (χ2v) is 3.13. The van der Waals surface area contributed by atoms with Crippen molar-refractivity contribution in [1.29, 1.82) is 0 Å². The Morgan fingerprint density at radius 2 is 2.08 bits per heavy atom. The number of aromatic nitrogens is 1. The van der Waals surface area contributed by atoms with Gasteiger partial charge in [-0.1, -0.05) is 19.8 Å². The third-order valence-corrected chi connectivity index (χ3v) is 2.10. The average molecular weight is 181 g/mol. The van der Waals surface area contributed by atoms with Crippen molar-refractivity contribution >= 4 is 5.97 Å². The smallest absolute Gasteiger partial charge is 0.326 e. The van der Waals surface area contributed by atoms with E-state index in [0.717, 1.165) is 12.8 Å². The molecule has 0 amide bonds. The molecule has 1 atom stereocenters. The minimum absolute atomic E-state index is 0.394. The molecule has 3 nitrogen and oxygen atoms in total. The molecule has 1 aromatic heterocycles. The Kier molecular flexibility index (Phi) is 3.55. The van der Waals surface area contributed by atoms with Gasteiger partial charge in [-0.05, 0) is 18.6 Å². The van der Waals surface area contributed by atoms with E-state index in [-0.39, 0.29) is 0 Å². The maximum Gasteiger partial charge on any atom is 0.326 e. The lowest BCUT2D eigenvalue weighted by Gasteiger charge is -2.13. The van der Waals surface area contributed by atoms with Crippen LogP contribution in [0.2, 0.25) is 0 Å². The molecule has 3 heteroatoms. The van der Waals surface area contributed by atoms with Gasteiger partial charge in [-0.25, -0.2) is 4.79 Å². The van der Waals surface area contributed by atoms with Crippen LogP contribution in [0.1, 0.15) is 32.2 Å². The third-order valence-electron chi connectivity index (χ3n) is 2.10. The van der Waals surface area contributed by atoms with E-state index in [0.29, 0.717) is 6.42 Å². The fourth-order valence-electron chi connectivity index (χ4n) is 1.35. The van der Waals surface area contributed by atoms with Crippen LogP contribution in [0.25, 0.3) is 0 Å². The molecule has 0 spiro atoms. The summed E-state index contributed by atoms with van der Waals surface area (Å²) < 4.78 is 1.75. The van der Waals surface area contributed by atoms with Crippen molar-refractivity contribution in [3.05, 3.63) is 24.5 Å². The van der Waals surface area contributed by atoms with E-state index in [4.69, 9.17) is 5.11 Å². The van der Waals surface area contributed by atoms with E-state index in [2.05, 4.69) is 6.92 Å². The normalized spacial score (nSPS) is 12.7. The first-order valence-electron chi connectivity index (χ1n) is 4.61. The topological polar surface area (TPSA) is 42.2 Å². The molecule has 0 saturated heterocycles. The molecule has 0 aliphatic heterocycles. The Labute approximate surface area is 78.0 Å². The summed E-state index contributed by atoms with van der Waals surface area (Å²) >= 11 is 0. The lowest BCUT2D eigenvalue weighted by atomic mass is 10.1. The molecule has 0 saturated carbocycles. The molecule has 0 unspecified atom stereocenters. The predicted octanol–water partition coefficient (Wildman–Crippen LogP) is 2.30. The summed E-state index contributed by atoms with van der Waals surface area (Å²) in [6.07, 6.45) is 6.30. The van der Waals surface area contributed by atoms with Gasteiger partial charge in [-0.2, -0.15) is 0 Å². The maximum atomic E-state index is 10.9. The molecule has 0 aliphatic carbocycles. The third kappa shape index (κ3) is 2.61. The highest BCUT2D eigenvalue weighted by atomic mass is 16.4. The summed E-state index contributed by atoms with van der Waals surface area (Å²) in [7, 11) is 0. The first-order valence-corrected chi connectivity index (χ1v) is 4.61. The van der Waals surface area contributed by atoms with Crippen LogP contribution in [0, 0.1) is 0 Å². The molecule has 1 aromatic rings. The fraction of sp³-hybridized carbons (Fsp3) is 0.500. The largest absolute Gasteiger partial charge is 0.480 e. The Bertz CT molecular complexity index is 254. The van der Waals surface area contributed by atoms with E-state index < -0.39 is 12.0 Å². The van der Waals surface area contributed by atoms with E-state index in [1.54, 1.807) is 17.0 Å². The molecule has 0 aromatic carbocycles. The van der Waals surface area contributed by atoms with E-state index in [1.165, 1.54) is 0 Å². The van der Waals surface area contributed by atoms with Crippen molar-refractivity contribution in [2.45, 2.75) is 32.2 Å². The average Bonchev–Trinajstić information content (AvgIpc) is 2.57. The zero-order valence-corrected chi connectivity index (χ0v) is 7.81. The Morgan fingerprint density at radius 1 is 1.46 bits per heavy atom. The van der Waals surface area contributed by atoms with Crippen LogP contribution in [0.15, 0.2) is 24.5 Å². The molecule has 13 heavy (non-hydrogen) atoms. The van der Waals surface area contributed by atoms with Crippen LogP contribution in [0.3, 0.4) is 0 Å². The summed E-state index contributed by atoms with van der Waals surface area (Å²) in [5, 5.41) is 8.95. The highest BCUT2D eigenvalue weighted by molar-refractivity contribution is 5.71. The highest BCUT2D eigenvalue weighted by Gasteiger charge is 2.16. The van der Waals surface area contributed by atoms with Crippen LogP contribution in [-0.4, -0.2) is 15.6 Å². The van der Waals surface area contributed by atoms with Gasteiger partial charge in [0.05, 0.1) is 0 Å². The Morgan fingerprint density at radius 3 is 2.54 bits per heavy atom. The van der Waals surface area contributed by atoms with Crippen LogP contribution in [0.5, 0.6) is 0 Å². The van der Waals surface area contributed by atoms with E-state index in [1.807, 2.05) is 12.1 Å². The summed E-state index contributed by atoms with van der Waals surface area (Å²) in [4.78, 5) is 10.9. The summed E-state index contributed by atoms with van der Waals surface area (Å²) in [6.45, 7) is 2.06. The standard InChI is InChI=1S/C10H15NO2/c1-2-3-6-9(10(12)13)11-7-4-5-8-11/h4-5,7-9H,2-3,6H2,1H3,(H,12,13)/t9-/m1/s1. The minimum Gasteiger partial charge on any atom is -0.480 e. The van der Waals surface area contributed by atoms with Crippen molar-refractivity contribution in [2.24, 2.45) is 0 Å². The van der Waals surface area contributed by atoms with Crippen LogP contribution < -0.4 is 0 Å². The molecular formula is C10H15NO2. The lowest BCUT2D eigenvalue weighted by Crippen LogP contribution is -2.17. The van der Waals surface area contributed by atoms with Crippen LogP contribution in [-0.2, 0) is 4.79 Å². The SMILES string of the molecule is CCCC[C@H](C(=O)O)n1cccc1. The molecule has 0 aliphatic rings. The lowest BCUT2D eigenvalue weighted by molar-refractivity contribution is -0.141. The van der Waals surface area contributed by atoms with Crippen LogP contribution in [0.4, 0.5) is 0 Å². The number of unbranched alkanes of at least 4 members (excludes halogenated alkanes) is 1. The quantitative estimate of drug-likeness (QED) is 0.757. The van der Waals surface area contributed by atoms with Gasteiger partial charge in [0.1, 0.15) is 6.04 Å². The number of rotatable bonds is 5. The Hall–Kier alpha value is -1.25. The number of hydrogen-bond acceptors (Lipinski definition) is 1. The van der Waals surface area contributed by atoms with Crippen molar-refractivity contribution < 1.29 is 9.90 Å². The molecule has 0 bridgehead atoms. The number of hydrogen-bond donors (Lipinski definition) is 1. The fourth-order valence-corrected chi connectivity index (χ4v) is 1.35. The van der Waals surface area contributed by atoms with Gasteiger partial charge in [0.15, 0.2) is 0 Å². The number of nitrogens with zero attached hydrogens (tertiary/aromatic N) is 1. The van der Waals surface area contributed by atoms with Gasteiger partial charge in [-0.15, -0.1) is 0 Å². The monoisotopic (exact) mass is 181 g/mol. The number of carbonyl (C=O) groups is 1. The van der Waals surface area contributed by atoms with Crippen molar-refractivity contribution in [2.75, 3.05) is 0 Å². The molecule has 1 rings (SSSR count). The molecule has 0 radical (unpaired) electrons. The second-order valence-electron chi connectivity index (χ2n) is 3.13. The van der Waals surface area contributed by atoms with E-state index in [9.17, 15) is 4.79 Å². The number of carboxylic acids is 1. The van der Waals surface area contributed by atoms with Crippen molar-refractivity contribution in [3.8, 4) is 0 Å². The van der Waals surface area contributed by atoms with Gasteiger partial charge in [0.2, 0.25) is 0 Å². The molecular weight excluding hydrogens is 166 g/mol. The molecule has 72 valence electrons. The Balaban J connectivity index is 2.63. The first-order chi connectivity index (χ1) is 6.25. The van der Waals surface area contributed by atoms with Crippen molar-refractivity contribution in [1.82, 2.24) is 4.57 Å². The zero-order chi connectivity index (χ0) is 9.68. The van der Waals surface area contributed by atoms with Gasteiger partial charge in [0.25, 0.3) is 0 Å². The van der Waals surface area contributed by atoms with Gasteiger partial charge >= 0.3 is 5.97 Å². The number of carboxylic acid groups (broad SMARTS) is 1.